The first-order valence-corrected chi connectivity index (χ1v) is 12.3. The van der Waals surface area contributed by atoms with Gasteiger partial charge < -0.3 is 19.4 Å². The van der Waals surface area contributed by atoms with E-state index in [-0.39, 0.29) is 16.5 Å². The molecule has 2 saturated heterocycles. The van der Waals surface area contributed by atoms with Gasteiger partial charge in [0.15, 0.2) is 5.11 Å². The fraction of sp³-hybridized carbons (Fsp3) is 0.440. The molecule has 2 aliphatic heterocycles. The molecule has 0 aliphatic carbocycles. The van der Waals surface area contributed by atoms with Crippen molar-refractivity contribution in [1.82, 2.24) is 10.2 Å². The highest BCUT2D eigenvalue weighted by Gasteiger charge is 2.26. The van der Waals surface area contributed by atoms with Gasteiger partial charge in [-0.05, 0) is 62.2 Å². The van der Waals surface area contributed by atoms with Crippen molar-refractivity contribution >= 4 is 40.3 Å². The molecular formula is C25H31N5O4S. The number of methoxy groups -OCH3 is 1. The number of thiocarbonyl (C=S) groups is 1. The Morgan fingerprint density at radius 3 is 2.40 bits per heavy atom. The number of carbonyl (C=O) groups excluding carboxylic acids is 1. The molecule has 0 radical (unpaired) electrons. The summed E-state index contributed by atoms with van der Waals surface area (Å²) in [6.45, 7) is 6.25. The quantitative estimate of drug-likeness (QED) is 0.380. The molecule has 0 aromatic heterocycles. The molecule has 9 nitrogen and oxygen atoms in total. The Labute approximate surface area is 210 Å². The highest BCUT2D eigenvalue weighted by Crippen LogP contribution is 2.34. The Hall–Kier alpha value is -3.40. The molecule has 2 heterocycles. The van der Waals surface area contributed by atoms with Crippen LogP contribution in [0, 0.1) is 17.0 Å². The van der Waals surface area contributed by atoms with Gasteiger partial charge in [0, 0.05) is 51.0 Å². The summed E-state index contributed by atoms with van der Waals surface area (Å²) >= 11 is 5.52. The summed E-state index contributed by atoms with van der Waals surface area (Å²) in [5.74, 6) is 0.250. The van der Waals surface area contributed by atoms with Crippen molar-refractivity contribution < 1.29 is 14.5 Å². The largest absolute Gasteiger partial charge is 0.496 e. The van der Waals surface area contributed by atoms with Crippen LogP contribution >= 0.6 is 12.2 Å². The standard InChI is InChI=1S/C25H31N5O4S/c1-18-7-6-8-20(23(18)34-2)24(31)26-25(35)29-15-13-27(14-16-29)19-9-10-21(30(32)33)22(17-19)28-11-4-3-5-12-28/h6-10,17H,3-5,11-16H2,1-2H3,(H,26,31,35). The predicted octanol–water partition coefficient (Wildman–Crippen LogP) is 3.74. The SMILES string of the molecule is COc1c(C)cccc1C(=O)NC(=S)N1CCN(c2ccc([N+](=O)[O-])c(N3CCCCC3)c2)CC1. The number of hydrogen-bond donors (Lipinski definition) is 1. The number of piperidine rings is 1. The molecule has 2 aliphatic rings. The van der Waals surface area contributed by atoms with Crippen LogP contribution in [0.1, 0.15) is 35.2 Å². The maximum Gasteiger partial charge on any atom is 0.292 e. The predicted molar refractivity (Wildman–Crippen MR) is 141 cm³/mol. The van der Waals surface area contributed by atoms with Gasteiger partial charge in [0.25, 0.3) is 11.6 Å². The summed E-state index contributed by atoms with van der Waals surface area (Å²) < 4.78 is 5.39. The van der Waals surface area contributed by atoms with E-state index in [4.69, 9.17) is 17.0 Å². The lowest BCUT2D eigenvalue weighted by Crippen LogP contribution is -2.52. The van der Waals surface area contributed by atoms with Gasteiger partial charge in [0.05, 0.1) is 17.6 Å². The molecule has 0 atom stereocenters. The van der Waals surface area contributed by atoms with E-state index in [1.54, 1.807) is 19.2 Å². The third-order valence-electron chi connectivity index (χ3n) is 6.67. The van der Waals surface area contributed by atoms with Crippen LogP contribution in [0.3, 0.4) is 0 Å². The Bertz CT molecular complexity index is 1110. The third kappa shape index (κ3) is 5.48. The number of nitro benzene ring substituents is 1. The Kier molecular flexibility index (Phi) is 7.70. The molecule has 2 aromatic rings. The number of hydrogen-bond acceptors (Lipinski definition) is 7. The normalized spacial score (nSPS) is 16.1. The van der Waals surface area contributed by atoms with Gasteiger partial charge in [-0.3, -0.25) is 20.2 Å². The van der Waals surface area contributed by atoms with Crippen LogP contribution in [0.15, 0.2) is 36.4 Å². The van der Waals surface area contributed by atoms with E-state index in [2.05, 4.69) is 15.1 Å². The maximum atomic E-state index is 12.8. The number of carbonyl (C=O) groups is 1. The second-order valence-electron chi connectivity index (χ2n) is 8.87. The lowest BCUT2D eigenvalue weighted by atomic mass is 10.1. The summed E-state index contributed by atoms with van der Waals surface area (Å²) in [5, 5.41) is 14.8. The minimum absolute atomic E-state index is 0.157. The van der Waals surface area contributed by atoms with Crippen LogP contribution in [0.2, 0.25) is 0 Å². The Balaban J connectivity index is 1.40. The number of rotatable bonds is 5. The molecule has 35 heavy (non-hydrogen) atoms. The highest BCUT2D eigenvalue weighted by atomic mass is 32.1. The zero-order valence-electron chi connectivity index (χ0n) is 20.2. The van der Waals surface area contributed by atoms with E-state index in [1.807, 2.05) is 36.1 Å². The minimum atomic E-state index is -0.296. The van der Waals surface area contributed by atoms with E-state index >= 15 is 0 Å². The van der Waals surface area contributed by atoms with E-state index in [0.29, 0.717) is 48.3 Å². The van der Waals surface area contributed by atoms with Crippen LogP contribution < -0.4 is 19.9 Å². The first kappa shape index (κ1) is 24.7. The number of benzene rings is 2. The zero-order valence-corrected chi connectivity index (χ0v) is 21.0. The molecule has 4 rings (SSSR count). The van der Waals surface area contributed by atoms with Crippen molar-refractivity contribution in [2.75, 3.05) is 56.2 Å². The second-order valence-corrected chi connectivity index (χ2v) is 9.25. The maximum absolute atomic E-state index is 12.8. The molecule has 1 amide bonds. The van der Waals surface area contributed by atoms with Crippen molar-refractivity contribution in [3.63, 3.8) is 0 Å². The summed E-state index contributed by atoms with van der Waals surface area (Å²) in [5.41, 5.74) is 3.15. The van der Waals surface area contributed by atoms with Crippen molar-refractivity contribution in [2.24, 2.45) is 0 Å². The van der Waals surface area contributed by atoms with Gasteiger partial charge in [-0.1, -0.05) is 12.1 Å². The number of nitro groups is 1. The summed E-state index contributed by atoms with van der Waals surface area (Å²) in [7, 11) is 1.55. The average molecular weight is 498 g/mol. The van der Waals surface area contributed by atoms with E-state index in [0.717, 1.165) is 37.2 Å². The van der Waals surface area contributed by atoms with Crippen molar-refractivity contribution in [2.45, 2.75) is 26.2 Å². The molecule has 10 heteroatoms. The van der Waals surface area contributed by atoms with Crippen molar-refractivity contribution in [3.05, 3.63) is 57.6 Å². The number of piperazine rings is 1. The first-order valence-electron chi connectivity index (χ1n) is 11.9. The Morgan fingerprint density at radius 2 is 1.74 bits per heavy atom. The fourth-order valence-electron chi connectivity index (χ4n) is 4.76. The first-order chi connectivity index (χ1) is 16.9. The average Bonchev–Trinajstić information content (AvgIpc) is 2.88. The van der Waals surface area contributed by atoms with Gasteiger partial charge >= 0.3 is 0 Å². The molecule has 1 N–H and O–H groups in total. The number of aryl methyl sites for hydroxylation is 1. The fourth-order valence-corrected chi connectivity index (χ4v) is 5.04. The number of amides is 1. The second kappa shape index (κ2) is 10.9. The van der Waals surface area contributed by atoms with Crippen LogP contribution in [0.4, 0.5) is 17.1 Å². The lowest BCUT2D eigenvalue weighted by molar-refractivity contribution is -0.384. The van der Waals surface area contributed by atoms with E-state index in [1.165, 1.54) is 6.42 Å². The monoisotopic (exact) mass is 497 g/mol. The van der Waals surface area contributed by atoms with E-state index in [9.17, 15) is 14.9 Å². The third-order valence-corrected chi connectivity index (χ3v) is 7.03. The number of ether oxygens (including phenoxy) is 1. The lowest BCUT2D eigenvalue weighted by Gasteiger charge is -2.37. The van der Waals surface area contributed by atoms with Gasteiger partial charge in [0.1, 0.15) is 11.4 Å². The summed E-state index contributed by atoms with van der Waals surface area (Å²) in [6, 6.07) is 10.8. The van der Waals surface area contributed by atoms with Gasteiger partial charge in [-0.25, -0.2) is 0 Å². The smallest absolute Gasteiger partial charge is 0.292 e. The van der Waals surface area contributed by atoms with Crippen LogP contribution in [-0.2, 0) is 0 Å². The molecule has 2 aromatic carbocycles. The van der Waals surface area contributed by atoms with Crippen molar-refractivity contribution in [3.8, 4) is 5.75 Å². The van der Waals surface area contributed by atoms with Crippen LogP contribution in [0.25, 0.3) is 0 Å². The van der Waals surface area contributed by atoms with Crippen LogP contribution in [0.5, 0.6) is 5.75 Å². The van der Waals surface area contributed by atoms with E-state index < -0.39 is 0 Å². The molecular weight excluding hydrogens is 466 g/mol. The Morgan fingerprint density at radius 1 is 1.03 bits per heavy atom. The number of nitrogens with one attached hydrogen (secondary N) is 1. The number of para-hydroxylation sites is 1. The highest BCUT2D eigenvalue weighted by molar-refractivity contribution is 7.80. The molecule has 0 spiro atoms. The van der Waals surface area contributed by atoms with Gasteiger partial charge in [-0.15, -0.1) is 0 Å². The van der Waals surface area contributed by atoms with Crippen LogP contribution in [-0.4, -0.2) is 67.2 Å². The summed E-state index contributed by atoms with van der Waals surface area (Å²) in [6.07, 6.45) is 3.27. The molecule has 186 valence electrons. The zero-order chi connectivity index (χ0) is 24.9. The topological polar surface area (TPSA) is 91.2 Å². The van der Waals surface area contributed by atoms with Crippen molar-refractivity contribution in [1.29, 1.82) is 0 Å². The number of nitrogens with zero attached hydrogens (tertiary/aromatic N) is 4. The molecule has 2 fully saturated rings. The van der Waals surface area contributed by atoms with Gasteiger partial charge in [-0.2, -0.15) is 0 Å². The molecule has 0 bridgehead atoms. The molecule has 0 unspecified atom stereocenters. The minimum Gasteiger partial charge on any atom is -0.496 e. The number of anilines is 2. The summed E-state index contributed by atoms with van der Waals surface area (Å²) in [4.78, 5) is 30.5. The van der Waals surface area contributed by atoms with Gasteiger partial charge in [0.2, 0.25) is 0 Å². The molecule has 0 saturated carbocycles.